The van der Waals surface area contributed by atoms with E-state index in [1.54, 1.807) is 0 Å². The van der Waals surface area contributed by atoms with Crippen LogP contribution in [-0.4, -0.2) is 13.3 Å². The molecule has 7 heteroatoms. The molecule has 0 aliphatic rings. The maximum absolute atomic E-state index is 13.2. The molecule has 0 bridgehead atoms. The number of ether oxygens (including phenoxy) is 1. The number of alkyl halides is 3. The number of hydrogen-bond acceptors (Lipinski definition) is 2. The molecule has 0 aliphatic heterocycles. The Balaban J connectivity index is 3.31. The van der Waals surface area contributed by atoms with Crippen molar-refractivity contribution in [3.05, 3.63) is 28.5 Å². The number of nitrogens with two attached hydrogens (primary N) is 1. The van der Waals surface area contributed by atoms with Crippen molar-refractivity contribution < 1.29 is 22.3 Å². The van der Waals surface area contributed by atoms with Crippen LogP contribution in [0.15, 0.2) is 12.1 Å². The van der Waals surface area contributed by atoms with E-state index in [-0.39, 0.29) is 5.02 Å². The average molecular weight is 258 g/mol. The molecule has 0 saturated heterocycles. The molecule has 1 atom stereocenters. The average Bonchev–Trinajstić information content (AvgIpc) is 2.14. The Kier molecular flexibility index (Phi) is 3.64. The fourth-order valence-electron chi connectivity index (χ4n) is 1.20. The van der Waals surface area contributed by atoms with E-state index in [0.717, 1.165) is 19.2 Å². The van der Waals surface area contributed by atoms with Gasteiger partial charge in [0.25, 0.3) is 0 Å². The SMILES string of the molecule is COc1c(F)cc(Cl)cc1C(N)C(F)(F)F. The van der Waals surface area contributed by atoms with Crippen LogP contribution in [0.4, 0.5) is 17.6 Å². The van der Waals surface area contributed by atoms with Gasteiger partial charge in [0, 0.05) is 10.6 Å². The van der Waals surface area contributed by atoms with Crippen molar-refractivity contribution >= 4 is 11.6 Å². The van der Waals surface area contributed by atoms with E-state index < -0.39 is 29.3 Å². The first-order valence-electron chi connectivity index (χ1n) is 4.12. The monoisotopic (exact) mass is 257 g/mol. The summed E-state index contributed by atoms with van der Waals surface area (Å²) in [5, 5.41) is -0.173. The van der Waals surface area contributed by atoms with Gasteiger partial charge in [0.1, 0.15) is 6.04 Å². The Bertz CT molecular complexity index is 394. The van der Waals surface area contributed by atoms with E-state index in [0.29, 0.717) is 0 Å². The minimum atomic E-state index is -4.69. The lowest BCUT2D eigenvalue weighted by molar-refractivity contribution is -0.149. The number of methoxy groups -OCH3 is 1. The van der Waals surface area contributed by atoms with E-state index in [4.69, 9.17) is 17.3 Å². The highest BCUT2D eigenvalue weighted by Crippen LogP contribution is 2.38. The molecular formula is C9H8ClF4NO. The second-order valence-electron chi connectivity index (χ2n) is 3.03. The predicted molar refractivity (Wildman–Crippen MR) is 50.9 cm³/mol. The smallest absolute Gasteiger partial charge is 0.407 e. The molecule has 90 valence electrons. The van der Waals surface area contributed by atoms with Crippen molar-refractivity contribution in [2.45, 2.75) is 12.2 Å². The lowest BCUT2D eigenvalue weighted by Crippen LogP contribution is -2.29. The van der Waals surface area contributed by atoms with Crippen LogP contribution >= 0.6 is 11.6 Å². The van der Waals surface area contributed by atoms with E-state index in [1.165, 1.54) is 0 Å². The molecule has 0 fully saturated rings. The van der Waals surface area contributed by atoms with Gasteiger partial charge < -0.3 is 10.5 Å². The lowest BCUT2D eigenvalue weighted by Gasteiger charge is -2.19. The summed E-state index contributed by atoms with van der Waals surface area (Å²) in [7, 11) is 1.05. The fraction of sp³-hybridized carbons (Fsp3) is 0.333. The molecule has 0 radical (unpaired) electrons. The largest absolute Gasteiger partial charge is 0.493 e. The van der Waals surface area contributed by atoms with Crippen molar-refractivity contribution in [2.75, 3.05) is 7.11 Å². The van der Waals surface area contributed by atoms with Gasteiger partial charge in [-0.05, 0) is 12.1 Å². The molecule has 2 N–H and O–H groups in total. The van der Waals surface area contributed by atoms with Crippen LogP contribution in [0.3, 0.4) is 0 Å². The minimum absolute atomic E-state index is 0.173. The summed E-state index contributed by atoms with van der Waals surface area (Å²) in [6, 6.07) is -0.551. The Morgan fingerprint density at radius 2 is 1.94 bits per heavy atom. The first-order chi connectivity index (χ1) is 7.27. The summed E-state index contributed by atoms with van der Waals surface area (Å²) in [5.74, 6) is -1.53. The predicted octanol–water partition coefficient (Wildman–Crippen LogP) is 3.05. The van der Waals surface area contributed by atoms with Crippen molar-refractivity contribution in [1.29, 1.82) is 0 Å². The first kappa shape index (κ1) is 13.1. The van der Waals surface area contributed by atoms with Gasteiger partial charge in [-0.15, -0.1) is 0 Å². The highest BCUT2D eigenvalue weighted by molar-refractivity contribution is 6.30. The van der Waals surface area contributed by atoms with Crippen LogP contribution < -0.4 is 10.5 Å². The third kappa shape index (κ3) is 2.56. The normalized spacial score (nSPS) is 13.7. The summed E-state index contributed by atoms with van der Waals surface area (Å²) in [6.45, 7) is 0. The van der Waals surface area contributed by atoms with Gasteiger partial charge in [0.05, 0.1) is 7.11 Å². The van der Waals surface area contributed by atoms with Gasteiger partial charge in [-0.25, -0.2) is 4.39 Å². The Morgan fingerprint density at radius 3 is 2.38 bits per heavy atom. The van der Waals surface area contributed by atoms with Gasteiger partial charge in [-0.1, -0.05) is 11.6 Å². The molecule has 1 unspecified atom stereocenters. The third-order valence-electron chi connectivity index (χ3n) is 1.93. The second kappa shape index (κ2) is 4.47. The van der Waals surface area contributed by atoms with Gasteiger partial charge in [-0.2, -0.15) is 13.2 Å². The number of benzene rings is 1. The highest BCUT2D eigenvalue weighted by atomic mass is 35.5. The van der Waals surface area contributed by atoms with E-state index in [2.05, 4.69) is 4.74 Å². The Labute approximate surface area is 93.9 Å². The van der Waals surface area contributed by atoms with E-state index in [9.17, 15) is 17.6 Å². The lowest BCUT2D eigenvalue weighted by atomic mass is 10.1. The second-order valence-corrected chi connectivity index (χ2v) is 3.47. The molecule has 1 aromatic rings. The van der Waals surface area contributed by atoms with Crippen LogP contribution in [0, 0.1) is 5.82 Å². The van der Waals surface area contributed by atoms with Crippen LogP contribution in [0.5, 0.6) is 5.75 Å². The van der Waals surface area contributed by atoms with Gasteiger partial charge in [-0.3, -0.25) is 0 Å². The van der Waals surface area contributed by atoms with Gasteiger partial charge in [0.15, 0.2) is 11.6 Å². The van der Waals surface area contributed by atoms with Crippen LogP contribution in [0.25, 0.3) is 0 Å². The van der Waals surface area contributed by atoms with Crippen molar-refractivity contribution in [3.63, 3.8) is 0 Å². The molecule has 2 nitrogen and oxygen atoms in total. The quantitative estimate of drug-likeness (QED) is 0.827. The molecule has 1 rings (SSSR count). The summed E-state index contributed by atoms with van der Waals surface area (Å²) in [4.78, 5) is 0. The van der Waals surface area contributed by atoms with E-state index >= 15 is 0 Å². The zero-order valence-corrected chi connectivity index (χ0v) is 8.86. The van der Waals surface area contributed by atoms with Crippen LogP contribution in [0.1, 0.15) is 11.6 Å². The first-order valence-corrected chi connectivity index (χ1v) is 4.50. The zero-order valence-electron chi connectivity index (χ0n) is 8.11. The molecule has 0 amide bonds. The number of rotatable bonds is 2. The number of halogens is 5. The molecule has 0 spiro atoms. The number of hydrogen-bond donors (Lipinski definition) is 1. The third-order valence-corrected chi connectivity index (χ3v) is 2.15. The van der Waals surface area contributed by atoms with E-state index in [1.807, 2.05) is 0 Å². The molecule has 0 heterocycles. The molecule has 1 aromatic carbocycles. The topological polar surface area (TPSA) is 35.2 Å². The summed E-state index contributed by atoms with van der Waals surface area (Å²) in [6.07, 6.45) is -4.69. The maximum Gasteiger partial charge on any atom is 0.407 e. The molecule has 16 heavy (non-hydrogen) atoms. The van der Waals surface area contributed by atoms with Crippen molar-refractivity contribution in [3.8, 4) is 5.75 Å². The summed E-state index contributed by atoms with van der Waals surface area (Å²) >= 11 is 5.45. The zero-order chi connectivity index (χ0) is 12.5. The minimum Gasteiger partial charge on any atom is -0.493 e. The van der Waals surface area contributed by atoms with Crippen LogP contribution in [0.2, 0.25) is 5.02 Å². The van der Waals surface area contributed by atoms with Gasteiger partial charge >= 0.3 is 6.18 Å². The summed E-state index contributed by atoms with van der Waals surface area (Å²) in [5.41, 5.74) is 4.43. The summed E-state index contributed by atoms with van der Waals surface area (Å²) < 4.78 is 54.9. The maximum atomic E-state index is 13.2. The Morgan fingerprint density at radius 1 is 1.38 bits per heavy atom. The highest BCUT2D eigenvalue weighted by Gasteiger charge is 2.40. The molecule has 0 aliphatic carbocycles. The van der Waals surface area contributed by atoms with Gasteiger partial charge in [0.2, 0.25) is 0 Å². The molecular weight excluding hydrogens is 250 g/mol. The van der Waals surface area contributed by atoms with Crippen molar-refractivity contribution in [1.82, 2.24) is 0 Å². The standard InChI is InChI=1S/C9H8ClF4NO/c1-16-7-5(8(15)9(12,13)14)2-4(10)3-6(7)11/h2-3,8H,15H2,1H3. The molecule has 0 saturated carbocycles. The van der Waals surface area contributed by atoms with Crippen molar-refractivity contribution in [2.24, 2.45) is 5.73 Å². The molecule has 0 aromatic heterocycles. The fourth-order valence-corrected chi connectivity index (χ4v) is 1.42. The van der Waals surface area contributed by atoms with Crippen LogP contribution in [-0.2, 0) is 0 Å². The Hall–Kier alpha value is -1.01.